The van der Waals surface area contributed by atoms with Gasteiger partial charge in [0.25, 0.3) is 0 Å². The Morgan fingerprint density at radius 2 is 1.56 bits per heavy atom. The first-order chi connectivity index (χ1) is 7.08. The zero-order chi connectivity index (χ0) is 11.7. The minimum absolute atomic E-state index is 0. The lowest BCUT2D eigenvalue weighted by Crippen LogP contribution is -2.49. The molecule has 0 atom stereocenters. The second-order valence-corrected chi connectivity index (χ2v) is 4.16. The van der Waals surface area contributed by atoms with Gasteiger partial charge in [-0.1, -0.05) is 40.0 Å². The first-order valence-corrected chi connectivity index (χ1v) is 6.28. The first kappa shape index (κ1) is 18.7. The van der Waals surface area contributed by atoms with Gasteiger partial charge in [0, 0.05) is 19.5 Å². The highest BCUT2D eigenvalue weighted by atomic mass is 79.9. The van der Waals surface area contributed by atoms with E-state index < -0.39 is 5.91 Å². The molecule has 0 amide bonds. The number of hydrogen-bond acceptors (Lipinski definition) is 3. The third kappa shape index (κ3) is 7.60. The quantitative estimate of drug-likeness (QED) is 0.508. The Hall–Kier alpha value is 0.360. The molecule has 0 aromatic heterocycles. The normalized spacial score (nSPS) is 11.6. The topological polar surface area (TPSA) is 43.7 Å². The summed E-state index contributed by atoms with van der Waals surface area (Å²) in [6.07, 6.45) is 5.89. The summed E-state index contributed by atoms with van der Waals surface area (Å²) in [5.41, 5.74) is 0. The summed E-state index contributed by atoms with van der Waals surface area (Å²) in [5, 5.41) is 19.6. The molecule has 3 nitrogen and oxygen atoms in total. The summed E-state index contributed by atoms with van der Waals surface area (Å²) in [5.74, 6) is -1.60. The Balaban J connectivity index is 0. The van der Waals surface area contributed by atoms with E-state index >= 15 is 0 Å². The molecule has 0 spiro atoms. The van der Waals surface area contributed by atoms with Crippen molar-refractivity contribution in [2.75, 3.05) is 13.1 Å². The molecule has 0 unspecified atom stereocenters. The average Bonchev–Trinajstić information content (AvgIpc) is 2.17. The Morgan fingerprint density at radius 1 is 0.938 bits per heavy atom. The average molecular weight is 298 g/mol. The number of hydrogen-bond donors (Lipinski definition) is 2. The maximum absolute atomic E-state index is 9.81. The molecule has 0 saturated carbocycles. The van der Waals surface area contributed by atoms with Gasteiger partial charge in [-0.2, -0.15) is 0 Å². The number of nitrogens with zero attached hydrogens (tertiary/aromatic N) is 1. The molecule has 0 aromatic carbocycles. The van der Waals surface area contributed by atoms with Crippen LogP contribution in [0, 0.1) is 0 Å². The van der Waals surface area contributed by atoms with E-state index in [1.165, 1.54) is 19.3 Å². The third-order valence-electron chi connectivity index (χ3n) is 2.76. The molecule has 0 fully saturated rings. The second-order valence-electron chi connectivity index (χ2n) is 4.16. The first-order valence-electron chi connectivity index (χ1n) is 6.28. The highest BCUT2D eigenvalue weighted by molar-refractivity contribution is 8.93. The van der Waals surface area contributed by atoms with Crippen LogP contribution in [0.3, 0.4) is 0 Å². The van der Waals surface area contributed by atoms with Gasteiger partial charge in [-0.15, -0.1) is 17.0 Å². The van der Waals surface area contributed by atoms with Crippen LogP contribution in [0.25, 0.3) is 0 Å². The van der Waals surface area contributed by atoms with E-state index in [0.29, 0.717) is 13.0 Å². The molecule has 100 valence electrons. The summed E-state index contributed by atoms with van der Waals surface area (Å²) in [4.78, 5) is 1.76. The molecule has 2 N–H and O–H groups in total. The molecule has 0 aliphatic carbocycles. The lowest BCUT2D eigenvalue weighted by atomic mass is 10.1. The van der Waals surface area contributed by atoms with Gasteiger partial charge in [0.15, 0.2) is 0 Å². The van der Waals surface area contributed by atoms with Crippen molar-refractivity contribution in [1.82, 2.24) is 4.90 Å². The van der Waals surface area contributed by atoms with Crippen molar-refractivity contribution in [3.8, 4) is 0 Å². The Labute approximate surface area is 111 Å². The molecule has 0 heterocycles. The van der Waals surface area contributed by atoms with E-state index in [4.69, 9.17) is 0 Å². The van der Waals surface area contributed by atoms with Crippen LogP contribution in [-0.2, 0) is 0 Å². The molecule has 0 radical (unpaired) electrons. The SMILES string of the molecule is Br.CCCCCCN(CC)C(O)(O)CCC. The molecule has 0 bridgehead atoms. The summed E-state index contributed by atoms with van der Waals surface area (Å²) in [6.45, 7) is 7.59. The van der Waals surface area contributed by atoms with Crippen molar-refractivity contribution in [3.63, 3.8) is 0 Å². The van der Waals surface area contributed by atoms with Crippen LogP contribution in [-0.4, -0.2) is 34.1 Å². The van der Waals surface area contributed by atoms with E-state index in [-0.39, 0.29) is 17.0 Å². The van der Waals surface area contributed by atoms with E-state index in [1.807, 2.05) is 13.8 Å². The molecule has 0 aliphatic rings. The van der Waals surface area contributed by atoms with Crippen LogP contribution < -0.4 is 0 Å². The number of unbranched alkanes of at least 4 members (excludes halogenated alkanes) is 3. The third-order valence-corrected chi connectivity index (χ3v) is 2.76. The predicted octanol–water partition coefficient (Wildman–Crippen LogP) is 2.91. The zero-order valence-electron chi connectivity index (χ0n) is 10.9. The fourth-order valence-corrected chi connectivity index (χ4v) is 1.81. The van der Waals surface area contributed by atoms with E-state index in [2.05, 4.69) is 6.92 Å². The summed E-state index contributed by atoms with van der Waals surface area (Å²) in [7, 11) is 0. The fraction of sp³-hybridized carbons (Fsp3) is 1.00. The summed E-state index contributed by atoms with van der Waals surface area (Å²) >= 11 is 0. The maximum atomic E-state index is 9.81. The van der Waals surface area contributed by atoms with Crippen LogP contribution in [0.2, 0.25) is 0 Å². The van der Waals surface area contributed by atoms with Crippen LogP contribution in [0.4, 0.5) is 0 Å². The lowest BCUT2D eigenvalue weighted by molar-refractivity contribution is -0.267. The predicted molar refractivity (Wildman–Crippen MR) is 73.8 cm³/mol. The van der Waals surface area contributed by atoms with Crippen molar-refractivity contribution in [2.45, 2.75) is 65.2 Å². The summed E-state index contributed by atoms with van der Waals surface area (Å²) in [6, 6.07) is 0. The molecule has 0 rings (SSSR count). The zero-order valence-corrected chi connectivity index (χ0v) is 12.6. The highest BCUT2D eigenvalue weighted by Crippen LogP contribution is 2.16. The number of aliphatic hydroxyl groups is 2. The number of rotatable bonds is 9. The van der Waals surface area contributed by atoms with Gasteiger partial charge in [-0.3, -0.25) is 4.90 Å². The molecule has 4 heteroatoms. The molecule has 0 saturated heterocycles. The smallest absolute Gasteiger partial charge is 0.224 e. The van der Waals surface area contributed by atoms with Crippen LogP contribution in [0.15, 0.2) is 0 Å². The van der Waals surface area contributed by atoms with Gasteiger partial charge in [0.05, 0.1) is 0 Å². The largest absolute Gasteiger partial charge is 0.353 e. The lowest BCUT2D eigenvalue weighted by Gasteiger charge is -2.34. The van der Waals surface area contributed by atoms with Crippen molar-refractivity contribution < 1.29 is 10.2 Å². The van der Waals surface area contributed by atoms with Crippen molar-refractivity contribution >= 4 is 17.0 Å². The minimum Gasteiger partial charge on any atom is -0.353 e. The monoisotopic (exact) mass is 297 g/mol. The van der Waals surface area contributed by atoms with Crippen LogP contribution in [0.1, 0.15) is 59.3 Å². The molecular formula is C12H28BrNO2. The number of halogens is 1. The molecule has 0 aromatic rings. The van der Waals surface area contributed by atoms with Gasteiger partial charge in [0.2, 0.25) is 5.91 Å². The van der Waals surface area contributed by atoms with Gasteiger partial charge < -0.3 is 10.2 Å². The van der Waals surface area contributed by atoms with Gasteiger partial charge in [-0.05, 0) is 12.8 Å². The van der Waals surface area contributed by atoms with E-state index in [1.54, 1.807) is 4.90 Å². The molecule has 0 aliphatic heterocycles. The molecule has 16 heavy (non-hydrogen) atoms. The van der Waals surface area contributed by atoms with Crippen molar-refractivity contribution in [3.05, 3.63) is 0 Å². The minimum atomic E-state index is -1.60. The van der Waals surface area contributed by atoms with E-state index in [9.17, 15) is 10.2 Å². The van der Waals surface area contributed by atoms with Gasteiger partial charge in [-0.25, -0.2) is 0 Å². The standard InChI is InChI=1S/C12H27NO2.BrH/c1-4-7-8-9-11-13(6-3)12(14,15)10-5-2;/h14-15H,4-11H2,1-3H3;1H. The highest BCUT2D eigenvalue weighted by Gasteiger charge is 2.28. The second kappa shape index (κ2) is 10.5. The fourth-order valence-electron chi connectivity index (χ4n) is 1.81. The Bertz CT molecular complexity index is 154. The van der Waals surface area contributed by atoms with E-state index in [0.717, 1.165) is 19.4 Å². The van der Waals surface area contributed by atoms with Crippen LogP contribution >= 0.6 is 17.0 Å². The molecular weight excluding hydrogens is 270 g/mol. The van der Waals surface area contributed by atoms with Gasteiger partial charge >= 0.3 is 0 Å². The Kier molecular flexibility index (Phi) is 12.3. The van der Waals surface area contributed by atoms with Crippen LogP contribution in [0.5, 0.6) is 0 Å². The van der Waals surface area contributed by atoms with Crippen molar-refractivity contribution in [1.29, 1.82) is 0 Å². The van der Waals surface area contributed by atoms with Gasteiger partial charge in [0.1, 0.15) is 0 Å². The summed E-state index contributed by atoms with van der Waals surface area (Å²) < 4.78 is 0. The Morgan fingerprint density at radius 3 is 2.00 bits per heavy atom. The maximum Gasteiger partial charge on any atom is 0.224 e. The van der Waals surface area contributed by atoms with Crippen molar-refractivity contribution in [2.24, 2.45) is 0 Å².